The maximum atomic E-state index is 13.2. The topological polar surface area (TPSA) is 23.5 Å². The van der Waals surface area contributed by atoms with Gasteiger partial charge in [-0.3, -0.25) is 4.90 Å². The van der Waals surface area contributed by atoms with E-state index in [1.165, 1.54) is 87.2 Å². The van der Waals surface area contributed by atoms with E-state index in [0.717, 1.165) is 23.7 Å². The molecule has 2 heteroatoms. The molecule has 0 radical (unpaired) electrons. The molecule has 158 valence electrons. The van der Waals surface area contributed by atoms with Crippen LogP contribution in [0.15, 0.2) is 42.5 Å². The second-order valence-corrected chi connectivity index (χ2v) is 11.5. The molecule has 2 saturated heterocycles. The van der Waals surface area contributed by atoms with Crippen LogP contribution in [0.25, 0.3) is 10.8 Å². The van der Waals surface area contributed by atoms with Crippen LogP contribution >= 0.6 is 0 Å². The van der Waals surface area contributed by atoms with Crippen molar-refractivity contribution in [2.75, 3.05) is 13.1 Å². The maximum absolute atomic E-state index is 13.2. The molecular weight excluding hydrogens is 366 g/mol. The van der Waals surface area contributed by atoms with Crippen molar-refractivity contribution < 1.29 is 5.11 Å². The highest BCUT2D eigenvalue weighted by molar-refractivity contribution is 5.83. The molecule has 30 heavy (non-hydrogen) atoms. The summed E-state index contributed by atoms with van der Waals surface area (Å²) in [5, 5.41) is 15.8. The molecule has 2 aliphatic heterocycles. The van der Waals surface area contributed by atoms with Crippen LogP contribution in [0.3, 0.4) is 0 Å². The second kappa shape index (κ2) is 6.33. The van der Waals surface area contributed by atoms with Gasteiger partial charge in [-0.25, -0.2) is 0 Å². The summed E-state index contributed by atoms with van der Waals surface area (Å²) in [6.07, 6.45) is 11.9. The number of hydrogen-bond acceptors (Lipinski definition) is 2. The fraction of sp³-hybridized carbons (Fsp3) is 0.643. The highest BCUT2D eigenvalue weighted by atomic mass is 16.3. The van der Waals surface area contributed by atoms with Gasteiger partial charge in [0.1, 0.15) is 5.60 Å². The van der Waals surface area contributed by atoms with Gasteiger partial charge in [0.15, 0.2) is 0 Å². The lowest BCUT2D eigenvalue weighted by Gasteiger charge is -2.62. The Balaban J connectivity index is 1.43. The average Bonchev–Trinajstić information content (AvgIpc) is 3.34. The zero-order chi connectivity index (χ0) is 19.9. The summed E-state index contributed by atoms with van der Waals surface area (Å²) in [6.45, 7) is 2.37. The molecule has 2 nitrogen and oxygen atoms in total. The van der Waals surface area contributed by atoms with Gasteiger partial charge in [-0.05, 0) is 123 Å². The smallest absolute Gasteiger partial charge is 0.111 e. The van der Waals surface area contributed by atoms with Crippen LogP contribution in [-0.2, 0) is 5.60 Å². The van der Waals surface area contributed by atoms with Crippen molar-refractivity contribution in [3.8, 4) is 0 Å². The first-order chi connectivity index (χ1) is 14.7. The van der Waals surface area contributed by atoms with Gasteiger partial charge in [-0.1, -0.05) is 36.4 Å². The third-order valence-corrected chi connectivity index (χ3v) is 10.3. The van der Waals surface area contributed by atoms with E-state index in [1.807, 2.05) is 0 Å². The van der Waals surface area contributed by atoms with Crippen molar-refractivity contribution in [3.63, 3.8) is 0 Å². The molecule has 8 rings (SSSR count). The SMILES string of the molecule is OC(c1ccc2ccccc2c1)(C1C2CC3CC(C2)CC1C3)C12CCCN1CCC2. The van der Waals surface area contributed by atoms with E-state index in [1.54, 1.807) is 0 Å². The van der Waals surface area contributed by atoms with Gasteiger partial charge < -0.3 is 5.11 Å². The Morgan fingerprint density at radius 3 is 2.10 bits per heavy atom. The Bertz CT molecular complexity index is 944. The summed E-state index contributed by atoms with van der Waals surface area (Å²) in [4.78, 5) is 2.72. The Labute approximate surface area is 180 Å². The molecule has 6 aliphatic rings. The van der Waals surface area contributed by atoms with E-state index < -0.39 is 5.60 Å². The molecule has 0 spiro atoms. The summed E-state index contributed by atoms with van der Waals surface area (Å²) in [5.41, 5.74) is 0.495. The minimum absolute atomic E-state index is 0.0322. The van der Waals surface area contributed by atoms with E-state index in [4.69, 9.17) is 0 Å². The van der Waals surface area contributed by atoms with Crippen molar-refractivity contribution >= 4 is 10.8 Å². The Morgan fingerprint density at radius 1 is 0.800 bits per heavy atom. The molecule has 6 fully saturated rings. The third-order valence-electron chi connectivity index (χ3n) is 10.3. The second-order valence-electron chi connectivity index (χ2n) is 11.5. The molecule has 1 N–H and O–H groups in total. The van der Waals surface area contributed by atoms with Crippen LogP contribution in [0.2, 0.25) is 0 Å². The summed E-state index contributed by atoms with van der Waals surface area (Å²) in [7, 11) is 0. The van der Waals surface area contributed by atoms with Gasteiger partial charge >= 0.3 is 0 Å². The fourth-order valence-electron chi connectivity index (χ4n) is 9.53. The molecule has 2 aromatic rings. The minimum atomic E-state index is -0.702. The highest BCUT2D eigenvalue weighted by Gasteiger charge is 2.66. The number of fused-ring (bicyclic) bond motifs is 2. The summed E-state index contributed by atoms with van der Waals surface area (Å²) < 4.78 is 0. The number of benzene rings is 2. The van der Waals surface area contributed by atoms with Crippen LogP contribution in [0.4, 0.5) is 0 Å². The predicted molar refractivity (Wildman–Crippen MR) is 121 cm³/mol. The van der Waals surface area contributed by atoms with E-state index >= 15 is 0 Å². The largest absolute Gasteiger partial charge is 0.383 e. The Hall–Kier alpha value is -1.38. The van der Waals surface area contributed by atoms with Gasteiger partial charge in [-0.2, -0.15) is 0 Å². The van der Waals surface area contributed by atoms with Crippen LogP contribution in [0.5, 0.6) is 0 Å². The van der Waals surface area contributed by atoms with Gasteiger partial charge in [-0.15, -0.1) is 0 Å². The first-order valence-corrected chi connectivity index (χ1v) is 12.6. The lowest BCUT2D eigenvalue weighted by atomic mass is 9.45. The molecule has 4 aliphatic carbocycles. The average molecular weight is 402 g/mol. The van der Waals surface area contributed by atoms with Crippen molar-refractivity contribution in [1.29, 1.82) is 0 Å². The van der Waals surface area contributed by atoms with E-state index in [2.05, 4.69) is 47.4 Å². The van der Waals surface area contributed by atoms with Crippen LogP contribution in [0, 0.1) is 29.6 Å². The van der Waals surface area contributed by atoms with E-state index in [0.29, 0.717) is 5.92 Å². The fourth-order valence-corrected chi connectivity index (χ4v) is 9.53. The van der Waals surface area contributed by atoms with Crippen LogP contribution < -0.4 is 0 Å². The predicted octanol–water partition coefficient (Wildman–Crippen LogP) is 5.73. The van der Waals surface area contributed by atoms with Gasteiger partial charge in [0.25, 0.3) is 0 Å². The van der Waals surface area contributed by atoms with E-state index in [9.17, 15) is 5.11 Å². The molecule has 2 heterocycles. The Kier molecular flexibility index (Phi) is 3.84. The first kappa shape index (κ1) is 18.2. The molecule has 0 amide bonds. The maximum Gasteiger partial charge on any atom is 0.111 e. The van der Waals surface area contributed by atoms with Crippen LogP contribution in [0.1, 0.15) is 63.4 Å². The zero-order valence-corrected chi connectivity index (χ0v) is 18.1. The Morgan fingerprint density at radius 2 is 1.43 bits per heavy atom. The number of aliphatic hydroxyl groups is 1. The molecule has 1 atom stereocenters. The zero-order valence-electron chi connectivity index (χ0n) is 18.1. The standard InChI is InChI=1S/C28H35NO/c30-28(27-9-3-11-29(27)12-4-10-27,25-8-7-21-5-1-2-6-22(21)18-25)26-23-14-19-13-20(16-23)17-24(26)15-19/h1-2,5-8,18-20,23-24,26,30H,3-4,9-17H2. The lowest BCUT2D eigenvalue weighted by molar-refractivity contribution is -0.201. The monoisotopic (exact) mass is 401 g/mol. The van der Waals surface area contributed by atoms with Crippen molar-refractivity contribution in [2.45, 2.75) is 68.9 Å². The summed E-state index contributed by atoms with van der Waals surface area (Å²) in [5.74, 6) is 3.81. The van der Waals surface area contributed by atoms with Crippen molar-refractivity contribution in [1.82, 2.24) is 4.90 Å². The normalized spacial score (nSPS) is 38.8. The van der Waals surface area contributed by atoms with E-state index in [-0.39, 0.29) is 5.54 Å². The number of hydrogen-bond donors (Lipinski definition) is 1. The molecule has 4 saturated carbocycles. The molecule has 4 bridgehead atoms. The lowest BCUT2D eigenvalue weighted by Crippen LogP contribution is -2.65. The summed E-state index contributed by atoms with van der Waals surface area (Å²) >= 11 is 0. The van der Waals surface area contributed by atoms with Crippen molar-refractivity contribution in [2.24, 2.45) is 29.6 Å². The molecule has 1 unspecified atom stereocenters. The third kappa shape index (κ3) is 2.28. The first-order valence-electron chi connectivity index (χ1n) is 12.6. The quantitative estimate of drug-likeness (QED) is 0.710. The number of nitrogens with zero attached hydrogens (tertiary/aromatic N) is 1. The van der Waals surface area contributed by atoms with Gasteiger partial charge in [0, 0.05) is 0 Å². The molecule has 2 aromatic carbocycles. The van der Waals surface area contributed by atoms with Crippen molar-refractivity contribution in [3.05, 3.63) is 48.0 Å². The van der Waals surface area contributed by atoms with Crippen LogP contribution in [-0.4, -0.2) is 28.6 Å². The molecular formula is C28H35NO. The highest BCUT2D eigenvalue weighted by Crippen LogP contribution is 2.65. The number of rotatable bonds is 3. The minimum Gasteiger partial charge on any atom is -0.383 e. The molecule has 0 aromatic heterocycles. The summed E-state index contributed by atoms with van der Waals surface area (Å²) in [6, 6.07) is 15.6. The van der Waals surface area contributed by atoms with Gasteiger partial charge in [0.05, 0.1) is 5.54 Å². The van der Waals surface area contributed by atoms with Gasteiger partial charge in [0.2, 0.25) is 0 Å².